The molecule has 1 aromatic rings. The Morgan fingerprint density at radius 2 is 2.18 bits per heavy atom. The van der Waals surface area contributed by atoms with E-state index in [4.69, 9.17) is 27.9 Å². The van der Waals surface area contributed by atoms with Crippen LogP contribution in [0.1, 0.15) is 19.8 Å². The maximum absolute atomic E-state index is 10.2. The van der Waals surface area contributed by atoms with E-state index in [0.29, 0.717) is 22.3 Å². The minimum atomic E-state index is -0.615. The number of aliphatic hydroxyl groups is 2. The van der Waals surface area contributed by atoms with E-state index >= 15 is 0 Å². The summed E-state index contributed by atoms with van der Waals surface area (Å²) in [4.78, 5) is 2.17. The topological polar surface area (TPSA) is 52.9 Å². The molecule has 2 unspecified atom stereocenters. The van der Waals surface area contributed by atoms with E-state index in [2.05, 4.69) is 11.8 Å². The summed E-state index contributed by atoms with van der Waals surface area (Å²) >= 11 is 11.9. The number of nitrogens with zero attached hydrogens (tertiary/aromatic N) is 1. The van der Waals surface area contributed by atoms with Crippen molar-refractivity contribution in [3.05, 3.63) is 28.2 Å². The van der Waals surface area contributed by atoms with Gasteiger partial charge in [-0.3, -0.25) is 0 Å². The van der Waals surface area contributed by atoms with Crippen molar-refractivity contribution in [3.8, 4) is 5.75 Å². The maximum Gasteiger partial charge on any atom is 0.139 e. The highest BCUT2D eigenvalue weighted by Crippen LogP contribution is 2.29. The molecule has 2 N–H and O–H groups in total. The van der Waals surface area contributed by atoms with Gasteiger partial charge in [-0.2, -0.15) is 0 Å². The number of halogens is 2. The number of ether oxygens (including phenoxy) is 1. The fraction of sp³-hybridized carbons (Fsp3) is 0.625. The van der Waals surface area contributed by atoms with Gasteiger partial charge in [-0.1, -0.05) is 30.1 Å². The molecule has 1 aliphatic rings. The van der Waals surface area contributed by atoms with Crippen LogP contribution in [0.25, 0.3) is 0 Å². The summed E-state index contributed by atoms with van der Waals surface area (Å²) in [5, 5.41) is 20.6. The van der Waals surface area contributed by atoms with Gasteiger partial charge >= 0.3 is 0 Å². The van der Waals surface area contributed by atoms with Gasteiger partial charge in [0.05, 0.1) is 5.02 Å². The van der Waals surface area contributed by atoms with Gasteiger partial charge in [-0.25, -0.2) is 0 Å². The minimum absolute atomic E-state index is 0.0743. The maximum atomic E-state index is 10.2. The van der Waals surface area contributed by atoms with Crippen molar-refractivity contribution in [1.82, 2.24) is 4.90 Å². The third kappa shape index (κ3) is 5.00. The Hall–Kier alpha value is -0.520. The first-order chi connectivity index (χ1) is 10.4. The Balaban J connectivity index is 1.83. The van der Waals surface area contributed by atoms with Gasteiger partial charge in [-0.05, 0) is 31.5 Å². The average molecular weight is 348 g/mol. The van der Waals surface area contributed by atoms with Crippen LogP contribution in [-0.4, -0.2) is 54.1 Å². The molecule has 1 fully saturated rings. The Kier molecular flexibility index (Phi) is 6.36. The third-order valence-electron chi connectivity index (χ3n) is 4.04. The van der Waals surface area contributed by atoms with Crippen LogP contribution in [0.3, 0.4) is 0 Å². The molecule has 0 spiro atoms. The largest absolute Gasteiger partial charge is 0.489 e. The van der Waals surface area contributed by atoms with E-state index in [0.717, 1.165) is 25.9 Å². The lowest BCUT2D eigenvalue weighted by atomic mass is 9.83. The summed E-state index contributed by atoms with van der Waals surface area (Å²) in [5.74, 6) is 0.479. The van der Waals surface area contributed by atoms with Gasteiger partial charge < -0.3 is 19.8 Å². The zero-order valence-corrected chi connectivity index (χ0v) is 14.3. The lowest BCUT2D eigenvalue weighted by molar-refractivity contribution is 0.0101. The van der Waals surface area contributed by atoms with Gasteiger partial charge in [0.2, 0.25) is 0 Å². The third-order valence-corrected chi connectivity index (χ3v) is 4.58. The van der Waals surface area contributed by atoms with Crippen LogP contribution in [0, 0.1) is 5.41 Å². The van der Waals surface area contributed by atoms with E-state index < -0.39 is 6.10 Å². The second-order valence-electron chi connectivity index (χ2n) is 6.35. The first kappa shape index (κ1) is 17.8. The molecule has 0 amide bonds. The summed E-state index contributed by atoms with van der Waals surface area (Å²) in [5.41, 5.74) is -0.0743. The van der Waals surface area contributed by atoms with Crippen molar-refractivity contribution in [1.29, 1.82) is 0 Å². The van der Waals surface area contributed by atoms with Gasteiger partial charge in [0, 0.05) is 36.2 Å². The molecular formula is C16H23Cl2NO3. The number of aliphatic hydroxyl groups excluding tert-OH is 2. The molecule has 0 aromatic heterocycles. The van der Waals surface area contributed by atoms with Crippen LogP contribution in [0.15, 0.2) is 18.2 Å². The number of benzene rings is 1. The number of rotatable bonds is 6. The molecule has 0 radical (unpaired) electrons. The van der Waals surface area contributed by atoms with Crippen molar-refractivity contribution < 1.29 is 14.9 Å². The predicted octanol–water partition coefficient (Wildman–Crippen LogP) is 2.83. The van der Waals surface area contributed by atoms with Crippen LogP contribution in [0.2, 0.25) is 10.0 Å². The first-order valence-corrected chi connectivity index (χ1v) is 8.26. The van der Waals surface area contributed by atoms with Crippen LogP contribution in [-0.2, 0) is 0 Å². The zero-order chi connectivity index (χ0) is 16.2. The first-order valence-electron chi connectivity index (χ1n) is 7.51. The minimum Gasteiger partial charge on any atom is -0.489 e. The molecule has 0 bridgehead atoms. The molecule has 0 saturated carbocycles. The fourth-order valence-corrected chi connectivity index (χ4v) is 3.17. The Labute approximate surface area is 141 Å². The standard InChI is InChI=1S/C16H23Cl2NO3/c1-16(11-20)5-2-6-19(10-16)8-13(21)9-22-15-7-12(17)3-4-14(15)18/h3-4,7,13,20-21H,2,5-6,8-11H2,1H3. The number of likely N-dealkylation sites (tertiary alicyclic amines) is 1. The molecule has 6 heteroatoms. The highest BCUT2D eigenvalue weighted by atomic mass is 35.5. The van der Waals surface area contributed by atoms with Crippen LogP contribution in [0.4, 0.5) is 0 Å². The molecule has 2 atom stereocenters. The summed E-state index contributed by atoms with van der Waals surface area (Å²) in [6.07, 6.45) is 1.44. The van der Waals surface area contributed by atoms with Crippen molar-refractivity contribution in [2.75, 3.05) is 32.8 Å². The quantitative estimate of drug-likeness (QED) is 0.830. The number of hydrogen-bond acceptors (Lipinski definition) is 4. The number of hydrogen-bond donors (Lipinski definition) is 2. The summed E-state index contributed by atoms with van der Waals surface area (Å²) in [6.45, 7) is 4.66. The molecule has 22 heavy (non-hydrogen) atoms. The molecule has 1 aliphatic heterocycles. The zero-order valence-electron chi connectivity index (χ0n) is 12.8. The van der Waals surface area contributed by atoms with E-state index in [-0.39, 0.29) is 18.6 Å². The monoisotopic (exact) mass is 347 g/mol. The lowest BCUT2D eigenvalue weighted by Gasteiger charge is -2.40. The average Bonchev–Trinajstić information content (AvgIpc) is 2.48. The number of β-amino-alcohol motifs (C(OH)–C–C–N with tert-alkyl or cyclic N) is 1. The van der Waals surface area contributed by atoms with E-state index in [1.807, 2.05) is 0 Å². The van der Waals surface area contributed by atoms with E-state index in [1.54, 1.807) is 18.2 Å². The SMILES string of the molecule is CC1(CO)CCCN(CC(O)COc2cc(Cl)ccc2Cl)C1. The normalized spacial score (nSPS) is 24.2. The van der Waals surface area contributed by atoms with Gasteiger partial charge in [0.1, 0.15) is 18.5 Å². The predicted molar refractivity (Wildman–Crippen MR) is 88.8 cm³/mol. The molecule has 1 heterocycles. The summed E-state index contributed by atoms with van der Waals surface area (Å²) in [6, 6.07) is 5.00. The molecule has 1 aromatic carbocycles. The lowest BCUT2D eigenvalue weighted by Crippen LogP contribution is -2.47. The Bertz CT molecular complexity index is 500. The molecular weight excluding hydrogens is 325 g/mol. The van der Waals surface area contributed by atoms with Crippen molar-refractivity contribution in [2.45, 2.75) is 25.9 Å². The molecule has 2 rings (SSSR count). The van der Waals surface area contributed by atoms with Crippen LogP contribution < -0.4 is 4.74 Å². The van der Waals surface area contributed by atoms with Crippen molar-refractivity contribution in [2.24, 2.45) is 5.41 Å². The second-order valence-corrected chi connectivity index (χ2v) is 7.19. The highest BCUT2D eigenvalue weighted by molar-refractivity contribution is 6.34. The summed E-state index contributed by atoms with van der Waals surface area (Å²) in [7, 11) is 0. The van der Waals surface area contributed by atoms with Crippen LogP contribution >= 0.6 is 23.2 Å². The Morgan fingerprint density at radius 3 is 2.91 bits per heavy atom. The summed E-state index contributed by atoms with van der Waals surface area (Å²) < 4.78 is 5.56. The van der Waals surface area contributed by atoms with Gasteiger partial charge in [-0.15, -0.1) is 0 Å². The smallest absolute Gasteiger partial charge is 0.139 e. The molecule has 0 aliphatic carbocycles. The van der Waals surface area contributed by atoms with E-state index in [1.165, 1.54) is 0 Å². The van der Waals surface area contributed by atoms with Gasteiger partial charge in [0.15, 0.2) is 0 Å². The number of piperidine rings is 1. The Morgan fingerprint density at radius 1 is 1.41 bits per heavy atom. The highest BCUT2D eigenvalue weighted by Gasteiger charge is 2.31. The van der Waals surface area contributed by atoms with Crippen molar-refractivity contribution in [3.63, 3.8) is 0 Å². The van der Waals surface area contributed by atoms with E-state index in [9.17, 15) is 10.2 Å². The van der Waals surface area contributed by atoms with Crippen LogP contribution in [0.5, 0.6) is 5.75 Å². The fourth-order valence-electron chi connectivity index (χ4n) is 2.84. The molecule has 4 nitrogen and oxygen atoms in total. The second kappa shape index (κ2) is 7.84. The van der Waals surface area contributed by atoms with Crippen molar-refractivity contribution >= 4 is 23.2 Å². The van der Waals surface area contributed by atoms with Gasteiger partial charge in [0.25, 0.3) is 0 Å². The molecule has 1 saturated heterocycles. The molecule has 124 valence electrons.